The van der Waals surface area contributed by atoms with E-state index in [1.54, 1.807) is 0 Å². The van der Waals surface area contributed by atoms with Crippen molar-refractivity contribution in [2.24, 2.45) is 0 Å². The number of likely N-dealkylation sites (N-methyl/N-ethyl adjacent to an activating group) is 1. The van der Waals surface area contributed by atoms with Gasteiger partial charge in [-0.05, 0) is 42.6 Å². The maximum absolute atomic E-state index is 3.61. The van der Waals surface area contributed by atoms with Crippen LogP contribution in [0.2, 0.25) is 0 Å². The van der Waals surface area contributed by atoms with E-state index in [9.17, 15) is 0 Å². The number of hydrogen-bond acceptors (Lipinski definition) is 1. The molecular formula is C19H20N2. The van der Waals surface area contributed by atoms with Gasteiger partial charge < -0.3 is 4.98 Å². The van der Waals surface area contributed by atoms with Crippen molar-refractivity contribution >= 4 is 10.9 Å². The van der Waals surface area contributed by atoms with Crippen LogP contribution < -0.4 is 0 Å². The Balaban J connectivity index is 1.86. The second kappa shape index (κ2) is 4.74. The minimum atomic E-state index is 0.426. The van der Waals surface area contributed by atoms with Gasteiger partial charge in [-0.25, -0.2) is 0 Å². The van der Waals surface area contributed by atoms with Gasteiger partial charge in [-0.1, -0.05) is 42.5 Å². The molecule has 0 aliphatic carbocycles. The van der Waals surface area contributed by atoms with E-state index in [1.165, 1.54) is 27.7 Å². The smallest absolute Gasteiger partial charge is 0.0456 e. The Morgan fingerprint density at radius 3 is 2.52 bits per heavy atom. The predicted octanol–water partition coefficient (Wildman–Crippen LogP) is 4.31. The maximum Gasteiger partial charge on any atom is 0.0456 e. The van der Waals surface area contributed by atoms with Crippen molar-refractivity contribution in [1.82, 2.24) is 9.88 Å². The Labute approximate surface area is 125 Å². The summed E-state index contributed by atoms with van der Waals surface area (Å²) in [5.41, 5.74) is 5.47. The number of rotatable bonds is 1. The summed E-state index contributed by atoms with van der Waals surface area (Å²) < 4.78 is 0. The predicted molar refractivity (Wildman–Crippen MR) is 87.6 cm³/mol. The Morgan fingerprint density at radius 2 is 1.71 bits per heavy atom. The van der Waals surface area contributed by atoms with Crippen molar-refractivity contribution in [3.63, 3.8) is 0 Å². The zero-order chi connectivity index (χ0) is 14.4. The lowest BCUT2D eigenvalue weighted by Crippen LogP contribution is -2.34. The van der Waals surface area contributed by atoms with E-state index in [1.807, 2.05) is 0 Å². The highest BCUT2D eigenvalue weighted by Gasteiger charge is 2.29. The summed E-state index contributed by atoms with van der Waals surface area (Å²) in [4.78, 5) is 6.06. The SMILES string of the molecule is CC1c2ccccc2C(c2cc3ccccc3[nH]2)CN1C. The molecule has 0 radical (unpaired) electrons. The van der Waals surface area contributed by atoms with Gasteiger partial charge >= 0.3 is 0 Å². The number of nitrogens with zero attached hydrogens (tertiary/aromatic N) is 1. The van der Waals surface area contributed by atoms with Crippen molar-refractivity contribution in [2.45, 2.75) is 18.9 Å². The molecule has 4 rings (SSSR count). The van der Waals surface area contributed by atoms with Gasteiger partial charge in [0.2, 0.25) is 0 Å². The molecule has 1 N–H and O–H groups in total. The molecule has 1 aliphatic heterocycles. The van der Waals surface area contributed by atoms with Crippen molar-refractivity contribution in [3.8, 4) is 0 Å². The minimum absolute atomic E-state index is 0.426. The van der Waals surface area contributed by atoms with E-state index in [-0.39, 0.29) is 0 Å². The third-order valence-electron chi connectivity index (χ3n) is 4.88. The fourth-order valence-corrected chi connectivity index (χ4v) is 3.54. The second-order valence-electron chi connectivity index (χ2n) is 6.11. The summed E-state index contributed by atoms with van der Waals surface area (Å²) in [7, 11) is 2.22. The molecule has 2 unspecified atom stereocenters. The lowest BCUT2D eigenvalue weighted by Gasteiger charge is -2.37. The van der Waals surface area contributed by atoms with Crippen molar-refractivity contribution < 1.29 is 0 Å². The Hall–Kier alpha value is -2.06. The number of hydrogen-bond donors (Lipinski definition) is 1. The first-order valence-electron chi connectivity index (χ1n) is 7.61. The lowest BCUT2D eigenvalue weighted by atomic mass is 9.84. The molecule has 0 saturated carbocycles. The number of aromatic amines is 1. The average Bonchev–Trinajstić information content (AvgIpc) is 2.94. The average molecular weight is 276 g/mol. The van der Waals surface area contributed by atoms with Crippen molar-refractivity contribution in [3.05, 3.63) is 71.4 Å². The molecule has 2 heterocycles. The third kappa shape index (κ3) is 1.98. The molecule has 1 aromatic heterocycles. The summed E-state index contributed by atoms with van der Waals surface area (Å²) >= 11 is 0. The molecule has 21 heavy (non-hydrogen) atoms. The number of nitrogens with one attached hydrogen (secondary N) is 1. The van der Waals surface area contributed by atoms with Crippen LogP contribution >= 0.6 is 0 Å². The summed E-state index contributed by atoms with van der Waals surface area (Å²) in [6.07, 6.45) is 0. The van der Waals surface area contributed by atoms with Gasteiger partial charge in [-0.2, -0.15) is 0 Å². The molecule has 0 spiro atoms. The van der Waals surface area contributed by atoms with Crippen LogP contribution in [-0.2, 0) is 0 Å². The summed E-state index contributed by atoms with van der Waals surface area (Å²) in [6, 6.07) is 20.2. The first kappa shape index (κ1) is 12.7. The topological polar surface area (TPSA) is 19.0 Å². The van der Waals surface area contributed by atoms with E-state index in [4.69, 9.17) is 0 Å². The van der Waals surface area contributed by atoms with Gasteiger partial charge in [0.15, 0.2) is 0 Å². The number of fused-ring (bicyclic) bond motifs is 2. The van der Waals surface area contributed by atoms with Crippen LogP contribution in [-0.4, -0.2) is 23.5 Å². The molecule has 3 aromatic rings. The monoisotopic (exact) mass is 276 g/mol. The van der Waals surface area contributed by atoms with E-state index < -0.39 is 0 Å². The summed E-state index contributed by atoms with van der Waals surface area (Å²) in [5, 5.41) is 1.30. The number of benzene rings is 2. The standard InChI is InChI=1S/C19H20N2/c1-13-15-8-4-5-9-16(15)17(12-21(13)2)19-11-14-7-3-6-10-18(14)20-19/h3-11,13,17,20H,12H2,1-2H3. The van der Waals surface area contributed by atoms with Gasteiger partial charge in [0.05, 0.1) is 0 Å². The van der Waals surface area contributed by atoms with Crippen LogP contribution in [0.1, 0.15) is 35.7 Å². The third-order valence-corrected chi connectivity index (χ3v) is 4.88. The Morgan fingerprint density at radius 1 is 1.00 bits per heavy atom. The first-order valence-corrected chi connectivity index (χ1v) is 7.61. The Kier molecular flexibility index (Phi) is 2.86. The molecule has 0 saturated heterocycles. The molecule has 2 atom stereocenters. The summed E-state index contributed by atoms with van der Waals surface area (Å²) in [5.74, 6) is 0.426. The van der Waals surface area contributed by atoms with Crippen LogP contribution in [0.4, 0.5) is 0 Å². The van der Waals surface area contributed by atoms with Gasteiger partial charge in [-0.15, -0.1) is 0 Å². The number of aromatic nitrogens is 1. The lowest BCUT2D eigenvalue weighted by molar-refractivity contribution is 0.233. The Bertz CT molecular complexity index is 754. The molecule has 1 aliphatic rings. The molecular weight excluding hydrogens is 256 g/mol. The van der Waals surface area contributed by atoms with Crippen LogP contribution in [0.5, 0.6) is 0 Å². The molecule has 0 bridgehead atoms. The fourth-order valence-electron chi connectivity index (χ4n) is 3.54. The highest BCUT2D eigenvalue weighted by Crippen LogP contribution is 2.38. The zero-order valence-electron chi connectivity index (χ0n) is 12.5. The highest BCUT2D eigenvalue weighted by molar-refractivity contribution is 5.80. The van der Waals surface area contributed by atoms with Crippen LogP contribution in [0, 0.1) is 0 Å². The van der Waals surface area contributed by atoms with Crippen molar-refractivity contribution in [1.29, 1.82) is 0 Å². The summed E-state index contributed by atoms with van der Waals surface area (Å²) in [6.45, 7) is 3.35. The second-order valence-corrected chi connectivity index (χ2v) is 6.11. The molecule has 0 fully saturated rings. The molecule has 2 heteroatoms. The van der Waals surface area contributed by atoms with E-state index >= 15 is 0 Å². The molecule has 2 nitrogen and oxygen atoms in total. The van der Waals surface area contributed by atoms with Gasteiger partial charge in [0.1, 0.15) is 0 Å². The fraction of sp³-hybridized carbons (Fsp3) is 0.263. The van der Waals surface area contributed by atoms with Gasteiger partial charge in [0.25, 0.3) is 0 Å². The van der Waals surface area contributed by atoms with Gasteiger partial charge in [0, 0.05) is 29.7 Å². The van der Waals surface area contributed by atoms with E-state index in [0.717, 1.165) is 6.54 Å². The van der Waals surface area contributed by atoms with Crippen LogP contribution in [0.15, 0.2) is 54.6 Å². The van der Waals surface area contributed by atoms with Crippen LogP contribution in [0.25, 0.3) is 10.9 Å². The first-order chi connectivity index (χ1) is 10.2. The van der Waals surface area contributed by atoms with E-state index in [0.29, 0.717) is 12.0 Å². The quantitative estimate of drug-likeness (QED) is 0.702. The van der Waals surface area contributed by atoms with Crippen molar-refractivity contribution in [2.75, 3.05) is 13.6 Å². The largest absolute Gasteiger partial charge is 0.358 e. The molecule has 106 valence electrons. The molecule has 2 aromatic carbocycles. The van der Waals surface area contributed by atoms with E-state index in [2.05, 4.69) is 78.5 Å². The minimum Gasteiger partial charge on any atom is -0.358 e. The number of para-hydroxylation sites is 1. The maximum atomic E-state index is 3.61. The molecule has 0 amide bonds. The zero-order valence-corrected chi connectivity index (χ0v) is 12.5. The number of H-pyrrole nitrogens is 1. The van der Waals surface area contributed by atoms with Crippen LogP contribution in [0.3, 0.4) is 0 Å². The normalized spacial score (nSPS) is 22.4. The van der Waals surface area contributed by atoms with Gasteiger partial charge in [-0.3, -0.25) is 4.90 Å². The highest BCUT2D eigenvalue weighted by atomic mass is 15.1.